The second-order valence-electron chi connectivity index (χ2n) is 7.11. The fourth-order valence-corrected chi connectivity index (χ4v) is 3.56. The maximum absolute atomic E-state index is 5.32. The number of furan rings is 1. The minimum absolute atomic E-state index is 0. The van der Waals surface area contributed by atoms with Crippen LogP contribution in [0.3, 0.4) is 0 Å². The minimum Gasteiger partial charge on any atom is -0.461 e. The summed E-state index contributed by atoms with van der Waals surface area (Å²) >= 11 is 0. The Kier molecular flexibility index (Phi) is 7.29. The summed E-state index contributed by atoms with van der Waals surface area (Å²) in [5.41, 5.74) is 4.28. The summed E-state index contributed by atoms with van der Waals surface area (Å²) < 4.78 is 5.32. The molecule has 154 valence electrons. The van der Waals surface area contributed by atoms with Crippen LogP contribution < -0.4 is 10.6 Å². The number of aliphatic imine (C=N–C) groups is 1. The quantitative estimate of drug-likeness (QED) is 0.277. The van der Waals surface area contributed by atoms with E-state index in [9.17, 15) is 0 Å². The van der Waals surface area contributed by atoms with Crippen molar-refractivity contribution in [1.29, 1.82) is 0 Å². The highest BCUT2D eigenvalue weighted by molar-refractivity contribution is 14.0. The van der Waals surface area contributed by atoms with Crippen LogP contribution in [-0.2, 0) is 19.4 Å². The Bertz CT molecular complexity index is 950. The lowest BCUT2D eigenvalue weighted by molar-refractivity contribution is 0.577. The van der Waals surface area contributed by atoms with Crippen molar-refractivity contribution in [2.45, 2.75) is 45.2 Å². The second-order valence-corrected chi connectivity index (χ2v) is 7.11. The lowest BCUT2D eigenvalue weighted by Crippen LogP contribution is -2.38. The highest BCUT2D eigenvalue weighted by Gasteiger charge is 2.14. The molecule has 4 rings (SSSR count). The number of nitrogens with zero attached hydrogens (tertiary/aromatic N) is 3. The van der Waals surface area contributed by atoms with E-state index in [-0.39, 0.29) is 30.0 Å². The molecule has 1 aromatic carbocycles. The van der Waals surface area contributed by atoms with Crippen LogP contribution >= 0.6 is 24.0 Å². The Morgan fingerprint density at radius 3 is 2.83 bits per heavy atom. The van der Waals surface area contributed by atoms with E-state index < -0.39 is 0 Å². The molecule has 2 heterocycles. The van der Waals surface area contributed by atoms with E-state index in [0.717, 1.165) is 11.8 Å². The van der Waals surface area contributed by atoms with Gasteiger partial charge < -0.3 is 15.1 Å². The molecule has 2 aromatic heterocycles. The van der Waals surface area contributed by atoms with Gasteiger partial charge in [-0.2, -0.15) is 0 Å². The molecule has 3 N–H and O–H groups in total. The largest absolute Gasteiger partial charge is 0.461 e. The van der Waals surface area contributed by atoms with E-state index in [2.05, 4.69) is 55.9 Å². The number of fused-ring (bicyclic) bond motifs is 1. The predicted octanol–water partition coefficient (Wildman–Crippen LogP) is 3.99. The third-order valence-electron chi connectivity index (χ3n) is 5.15. The summed E-state index contributed by atoms with van der Waals surface area (Å²) in [7, 11) is 1.77. The molecule has 29 heavy (non-hydrogen) atoms. The Morgan fingerprint density at radius 2 is 2.07 bits per heavy atom. The third-order valence-corrected chi connectivity index (χ3v) is 5.15. The van der Waals surface area contributed by atoms with E-state index >= 15 is 0 Å². The van der Waals surface area contributed by atoms with Crippen molar-refractivity contribution in [3.05, 3.63) is 59.1 Å². The van der Waals surface area contributed by atoms with Gasteiger partial charge in [0, 0.05) is 7.05 Å². The number of rotatable bonds is 5. The number of aromatic nitrogens is 3. The Balaban J connectivity index is 0.00000240. The summed E-state index contributed by atoms with van der Waals surface area (Å²) in [4.78, 5) is 8.77. The molecule has 0 fully saturated rings. The van der Waals surface area contributed by atoms with Gasteiger partial charge in [-0.3, -0.25) is 10.1 Å². The van der Waals surface area contributed by atoms with Crippen LogP contribution in [0.1, 0.15) is 48.3 Å². The minimum atomic E-state index is 0. The zero-order valence-electron chi connectivity index (χ0n) is 16.7. The van der Waals surface area contributed by atoms with Crippen LogP contribution in [0, 0.1) is 0 Å². The predicted molar refractivity (Wildman–Crippen MR) is 124 cm³/mol. The number of H-pyrrole nitrogens is 1. The first-order valence-electron chi connectivity index (χ1n) is 9.77. The van der Waals surface area contributed by atoms with Gasteiger partial charge >= 0.3 is 0 Å². The first-order chi connectivity index (χ1) is 13.7. The molecule has 0 spiro atoms. The number of nitrogens with one attached hydrogen (secondary N) is 3. The second kappa shape index (κ2) is 9.91. The van der Waals surface area contributed by atoms with Gasteiger partial charge in [-0.25, -0.2) is 4.98 Å². The van der Waals surface area contributed by atoms with Gasteiger partial charge in [0.15, 0.2) is 11.7 Å². The molecule has 0 amide bonds. The van der Waals surface area contributed by atoms with E-state index in [1.54, 1.807) is 13.3 Å². The molecule has 0 saturated heterocycles. The molecule has 1 aliphatic carbocycles. The smallest absolute Gasteiger partial charge is 0.216 e. The molecule has 1 aliphatic rings. The van der Waals surface area contributed by atoms with E-state index in [0.29, 0.717) is 18.1 Å². The van der Waals surface area contributed by atoms with Crippen molar-refractivity contribution in [2.24, 2.45) is 4.99 Å². The standard InChI is InChI=1S/C21H26N6O.HI/c1-14(16-10-9-15-6-3-4-7-17(15)12-16)24-21(22-2)23-13-19-25-20(27-26-19)18-8-5-11-28-18;/h5,8-12,14H,3-4,6-7,13H2,1-2H3,(H2,22,23,24)(H,25,26,27);1H. The van der Waals surface area contributed by atoms with E-state index in [1.807, 2.05) is 12.1 Å². The topological polar surface area (TPSA) is 91.1 Å². The molecular weight excluding hydrogens is 479 g/mol. The van der Waals surface area contributed by atoms with Crippen molar-refractivity contribution in [2.75, 3.05) is 7.05 Å². The summed E-state index contributed by atoms with van der Waals surface area (Å²) in [6, 6.07) is 10.7. The highest BCUT2D eigenvalue weighted by Crippen LogP contribution is 2.24. The molecule has 1 atom stereocenters. The monoisotopic (exact) mass is 506 g/mol. The lowest BCUT2D eigenvalue weighted by Gasteiger charge is -2.21. The Labute approximate surface area is 187 Å². The highest BCUT2D eigenvalue weighted by atomic mass is 127. The van der Waals surface area contributed by atoms with Crippen molar-refractivity contribution < 1.29 is 4.42 Å². The molecule has 8 heteroatoms. The van der Waals surface area contributed by atoms with Gasteiger partial charge in [0.2, 0.25) is 5.82 Å². The summed E-state index contributed by atoms with van der Waals surface area (Å²) in [5, 5.41) is 13.8. The van der Waals surface area contributed by atoms with Gasteiger partial charge in [-0.1, -0.05) is 18.2 Å². The van der Waals surface area contributed by atoms with Gasteiger partial charge in [0.05, 0.1) is 18.8 Å². The van der Waals surface area contributed by atoms with Crippen molar-refractivity contribution in [1.82, 2.24) is 25.8 Å². The molecule has 0 aliphatic heterocycles. The molecule has 0 radical (unpaired) electrons. The van der Waals surface area contributed by atoms with Crippen molar-refractivity contribution in [3.63, 3.8) is 0 Å². The van der Waals surface area contributed by atoms with Gasteiger partial charge in [0.1, 0.15) is 5.82 Å². The maximum Gasteiger partial charge on any atom is 0.216 e. The van der Waals surface area contributed by atoms with Crippen LogP contribution in [0.2, 0.25) is 0 Å². The van der Waals surface area contributed by atoms with Crippen molar-refractivity contribution >= 4 is 29.9 Å². The number of halogens is 1. The molecule has 1 unspecified atom stereocenters. The number of hydrogen-bond donors (Lipinski definition) is 3. The van der Waals surface area contributed by atoms with Crippen LogP contribution in [0.25, 0.3) is 11.6 Å². The SMILES string of the molecule is CN=C(NCc1nc(-c2ccco2)n[nH]1)NC(C)c1ccc2c(c1)CCCC2.I. The molecular formula is C21H27IN6O. The fourth-order valence-electron chi connectivity index (χ4n) is 3.56. The van der Waals surface area contributed by atoms with Crippen LogP contribution in [-0.4, -0.2) is 28.2 Å². The number of guanidine groups is 1. The number of aromatic amines is 1. The number of aryl methyl sites for hydroxylation is 2. The lowest BCUT2D eigenvalue weighted by atomic mass is 9.89. The molecule has 0 saturated carbocycles. The van der Waals surface area contributed by atoms with Crippen molar-refractivity contribution in [3.8, 4) is 11.6 Å². The molecule has 3 aromatic rings. The summed E-state index contributed by atoms with van der Waals surface area (Å²) in [5.74, 6) is 2.63. The zero-order chi connectivity index (χ0) is 19.3. The molecule has 7 nitrogen and oxygen atoms in total. The van der Waals surface area contributed by atoms with E-state index in [4.69, 9.17) is 4.42 Å². The summed E-state index contributed by atoms with van der Waals surface area (Å²) in [6.07, 6.45) is 6.60. The maximum atomic E-state index is 5.32. The third kappa shape index (κ3) is 5.17. The van der Waals surface area contributed by atoms with Crippen LogP contribution in [0.5, 0.6) is 0 Å². The normalized spacial score (nSPS) is 14.6. The first-order valence-corrected chi connectivity index (χ1v) is 9.77. The van der Waals surface area contributed by atoms with E-state index in [1.165, 1.54) is 42.4 Å². The van der Waals surface area contributed by atoms with Gasteiger partial charge in [0.25, 0.3) is 0 Å². The fraction of sp³-hybridized carbons (Fsp3) is 0.381. The zero-order valence-corrected chi connectivity index (χ0v) is 19.1. The summed E-state index contributed by atoms with van der Waals surface area (Å²) in [6.45, 7) is 2.64. The Hall–Kier alpha value is -2.36. The average Bonchev–Trinajstić information content (AvgIpc) is 3.42. The van der Waals surface area contributed by atoms with Gasteiger partial charge in [-0.15, -0.1) is 29.1 Å². The van der Waals surface area contributed by atoms with Gasteiger partial charge in [-0.05, 0) is 61.4 Å². The van der Waals surface area contributed by atoms with Crippen LogP contribution in [0.15, 0.2) is 46.0 Å². The number of hydrogen-bond acceptors (Lipinski definition) is 4. The first kappa shape index (κ1) is 21.4. The Morgan fingerprint density at radius 1 is 1.24 bits per heavy atom. The van der Waals surface area contributed by atoms with Crippen LogP contribution in [0.4, 0.5) is 0 Å². The average molecular weight is 506 g/mol. The molecule has 0 bridgehead atoms. The number of benzene rings is 1.